The van der Waals surface area contributed by atoms with Crippen molar-refractivity contribution in [1.82, 2.24) is 9.62 Å². The minimum Gasteiger partial charge on any atom is -0.379 e. The summed E-state index contributed by atoms with van der Waals surface area (Å²) in [5, 5.41) is 2.03. The first-order chi connectivity index (χ1) is 11.6. The number of nitrogens with one attached hydrogen (secondary N) is 1. The Morgan fingerprint density at radius 1 is 1.21 bits per heavy atom. The summed E-state index contributed by atoms with van der Waals surface area (Å²) in [6, 6.07) is 11.0. The summed E-state index contributed by atoms with van der Waals surface area (Å²) in [5.74, 6) is 0. The van der Waals surface area contributed by atoms with Gasteiger partial charge in [-0.25, -0.2) is 13.1 Å². The number of rotatable bonds is 6. The van der Waals surface area contributed by atoms with Gasteiger partial charge in [-0.3, -0.25) is 4.90 Å². The number of benzene rings is 1. The topological polar surface area (TPSA) is 58.6 Å². The van der Waals surface area contributed by atoms with Crippen LogP contribution < -0.4 is 4.72 Å². The normalized spacial score (nSPS) is 17.7. The molecule has 0 saturated carbocycles. The molecule has 1 aromatic carbocycles. The molecule has 0 spiro atoms. The highest BCUT2D eigenvalue weighted by atomic mass is 32.2. The molecule has 2 heterocycles. The SMILES string of the molecule is Cc1ccc(S(=O)(=O)NCC(c2cccs2)N2CCOCC2)cc1. The summed E-state index contributed by atoms with van der Waals surface area (Å²) in [7, 11) is -3.51. The highest BCUT2D eigenvalue weighted by Crippen LogP contribution is 2.26. The molecule has 5 nitrogen and oxygen atoms in total. The molecule has 0 bridgehead atoms. The molecule has 0 aliphatic carbocycles. The van der Waals surface area contributed by atoms with Crippen LogP contribution in [0.15, 0.2) is 46.7 Å². The second-order valence-corrected chi connectivity index (χ2v) is 8.59. The van der Waals surface area contributed by atoms with Crippen LogP contribution >= 0.6 is 11.3 Å². The number of aryl methyl sites for hydroxylation is 1. The summed E-state index contributed by atoms with van der Waals surface area (Å²) in [5.41, 5.74) is 1.04. The van der Waals surface area contributed by atoms with Gasteiger partial charge in [-0.05, 0) is 30.5 Å². The van der Waals surface area contributed by atoms with Gasteiger partial charge in [0.15, 0.2) is 0 Å². The minimum absolute atomic E-state index is 0.0362. The lowest BCUT2D eigenvalue weighted by Gasteiger charge is -2.34. The van der Waals surface area contributed by atoms with E-state index in [9.17, 15) is 8.42 Å². The van der Waals surface area contributed by atoms with E-state index < -0.39 is 10.0 Å². The van der Waals surface area contributed by atoms with Gasteiger partial charge in [0.05, 0.1) is 24.2 Å². The summed E-state index contributed by atoms with van der Waals surface area (Å²) in [6.07, 6.45) is 0. The molecule has 1 saturated heterocycles. The molecule has 0 amide bonds. The molecule has 2 aromatic rings. The van der Waals surface area contributed by atoms with Gasteiger partial charge in [0.25, 0.3) is 0 Å². The van der Waals surface area contributed by atoms with E-state index in [1.807, 2.05) is 30.5 Å². The van der Waals surface area contributed by atoms with Crippen molar-refractivity contribution < 1.29 is 13.2 Å². The number of hydrogen-bond donors (Lipinski definition) is 1. The lowest BCUT2D eigenvalue weighted by molar-refractivity contribution is 0.0179. The van der Waals surface area contributed by atoms with E-state index in [1.54, 1.807) is 23.5 Å². The third-order valence-corrected chi connectivity index (χ3v) is 6.57. The van der Waals surface area contributed by atoms with Crippen molar-refractivity contribution in [2.75, 3.05) is 32.8 Å². The Labute approximate surface area is 147 Å². The average Bonchev–Trinajstić information content (AvgIpc) is 3.11. The zero-order chi connectivity index (χ0) is 17.0. The molecule has 24 heavy (non-hydrogen) atoms. The smallest absolute Gasteiger partial charge is 0.240 e. The van der Waals surface area contributed by atoms with E-state index in [4.69, 9.17) is 4.74 Å². The maximum absolute atomic E-state index is 12.5. The molecule has 7 heteroatoms. The van der Waals surface area contributed by atoms with E-state index in [0.29, 0.717) is 24.7 Å². The molecular formula is C17H22N2O3S2. The quantitative estimate of drug-likeness (QED) is 0.853. The molecule has 1 atom stereocenters. The van der Waals surface area contributed by atoms with Crippen LogP contribution in [0, 0.1) is 6.92 Å². The number of thiophene rings is 1. The van der Waals surface area contributed by atoms with Gasteiger partial charge in [-0.1, -0.05) is 23.8 Å². The van der Waals surface area contributed by atoms with Crippen molar-refractivity contribution in [2.45, 2.75) is 17.9 Å². The van der Waals surface area contributed by atoms with Gasteiger partial charge in [0.2, 0.25) is 10.0 Å². The zero-order valence-corrected chi connectivity index (χ0v) is 15.3. The predicted octanol–water partition coefficient (Wildman–Crippen LogP) is 2.41. The van der Waals surface area contributed by atoms with Crippen LogP contribution in [-0.2, 0) is 14.8 Å². The molecule has 130 valence electrons. The van der Waals surface area contributed by atoms with E-state index in [-0.39, 0.29) is 6.04 Å². The summed E-state index contributed by atoms with van der Waals surface area (Å²) < 4.78 is 33.3. The summed E-state index contributed by atoms with van der Waals surface area (Å²) in [6.45, 7) is 5.30. The van der Waals surface area contributed by atoms with Crippen molar-refractivity contribution in [3.63, 3.8) is 0 Å². The molecule has 1 N–H and O–H groups in total. The standard InChI is InChI=1S/C17H22N2O3S2/c1-14-4-6-15(7-5-14)24(20,21)18-13-16(17-3-2-12-23-17)19-8-10-22-11-9-19/h2-7,12,16,18H,8-11,13H2,1H3. The minimum atomic E-state index is -3.51. The Kier molecular flexibility index (Phi) is 5.68. The summed E-state index contributed by atoms with van der Waals surface area (Å²) in [4.78, 5) is 3.76. The fourth-order valence-corrected chi connectivity index (χ4v) is 4.67. The molecule has 1 aromatic heterocycles. The lowest BCUT2D eigenvalue weighted by Crippen LogP contribution is -2.43. The second-order valence-electron chi connectivity index (χ2n) is 5.84. The third-order valence-electron chi connectivity index (χ3n) is 4.16. The van der Waals surface area contributed by atoms with E-state index >= 15 is 0 Å². The number of hydrogen-bond acceptors (Lipinski definition) is 5. The first kappa shape index (κ1) is 17.6. The van der Waals surface area contributed by atoms with Crippen LogP contribution in [0.1, 0.15) is 16.5 Å². The Hall–Kier alpha value is -1.25. The average molecular weight is 367 g/mol. The molecular weight excluding hydrogens is 344 g/mol. The van der Waals surface area contributed by atoms with Gasteiger partial charge in [-0.15, -0.1) is 11.3 Å². The first-order valence-corrected chi connectivity index (χ1v) is 10.3. The van der Waals surface area contributed by atoms with Crippen molar-refractivity contribution in [3.05, 3.63) is 52.2 Å². The highest BCUT2D eigenvalue weighted by molar-refractivity contribution is 7.89. The van der Waals surface area contributed by atoms with Gasteiger partial charge in [-0.2, -0.15) is 0 Å². The Bertz CT molecular complexity index is 737. The van der Waals surface area contributed by atoms with Crippen LogP contribution in [0.2, 0.25) is 0 Å². The van der Waals surface area contributed by atoms with E-state index in [0.717, 1.165) is 18.7 Å². The van der Waals surface area contributed by atoms with Crippen molar-refractivity contribution in [1.29, 1.82) is 0 Å². The van der Waals surface area contributed by atoms with Crippen LogP contribution in [-0.4, -0.2) is 46.2 Å². The van der Waals surface area contributed by atoms with Crippen LogP contribution in [0.3, 0.4) is 0 Å². The fraction of sp³-hybridized carbons (Fsp3) is 0.412. The van der Waals surface area contributed by atoms with Gasteiger partial charge in [0, 0.05) is 24.5 Å². The Balaban J connectivity index is 1.74. The van der Waals surface area contributed by atoms with Gasteiger partial charge in [0.1, 0.15) is 0 Å². The summed E-state index contributed by atoms with van der Waals surface area (Å²) >= 11 is 1.66. The monoisotopic (exact) mass is 366 g/mol. The number of ether oxygens (including phenoxy) is 1. The fourth-order valence-electron chi connectivity index (χ4n) is 2.77. The zero-order valence-electron chi connectivity index (χ0n) is 13.6. The van der Waals surface area contributed by atoms with Gasteiger partial charge < -0.3 is 4.74 Å². The molecule has 0 radical (unpaired) electrons. The van der Waals surface area contributed by atoms with Crippen molar-refractivity contribution in [2.24, 2.45) is 0 Å². The van der Waals surface area contributed by atoms with Crippen LogP contribution in [0.5, 0.6) is 0 Å². The van der Waals surface area contributed by atoms with E-state index in [2.05, 4.69) is 15.7 Å². The van der Waals surface area contributed by atoms with Crippen molar-refractivity contribution >= 4 is 21.4 Å². The molecule has 1 aliphatic rings. The van der Waals surface area contributed by atoms with E-state index in [1.165, 1.54) is 4.88 Å². The number of sulfonamides is 1. The Morgan fingerprint density at radius 3 is 2.54 bits per heavy atom. The second kappa shape index (κ2) is 7.76. The van der Waals surface area contributed by atoms with Crippen LogP contribution in [0.25, 0.3) is 0 Å². The maximum atomic E-state index is 12.5. The molecule has 1 aliphatic heterocycles. The Morgan fingerprint density at radius 2 is 1.92 bits per heavy atom. The van der Waals surface area contributed by atoms with Gasteiger partial charge >= 0.3 is 0 Å². The largest absolute Gasteiger partial charge is 0.379 e. The molecule has 3 rings (SSSR count). The molecule has 1 unspecified atom stereocenters. The van der Waals surface area contributed by atoms with Crippen molar-refractivity contribution in [3.8, 4) is 0 Å². The highest BCUT2D eigenvalue weighted by Gasteiger charge is 2.25. The molecule has 1 fully saturated rings. The van der Waals surface area contributed by atoms with Crippen LogP contribution in [0.4, 0.5) is 0 Å². The number of nitrogens with zero attached hydrogens (tertiary/aromatic N) is 1. The predicted molar refractivity (Wildman–Crippen MR) is 95.8 cm³/mol. The first-order valence-electron chi connectivity index (χ1n) is 7.98. The third kappa shape index (κ3) is 4.23. The number of morpholine rings is 1. The maximum Gasteiger partial charge on any atom is 0.240 e. The lowest BCUT2D eigenvalue weighted by atomic mass is 10.2.